The molecule has 2 heterocycles. The fraction of sp³-hybridized carbons (Fsp3) is 0.545. The summed E-state index contributed by atoms with van der Waals surface area (Å²) in [6.45, 7) is 1.09. The zero-order chi connectivity index (χ0) is 12.3. The highest BCUT2D eigenvalue weighted by Gasteiger charge is 2.18. The molecular formula is C11H14N2O4. The lowest BCUT2D eigenvalue weighted by Crippen LogP contribution is -2.30. The number of nitro groups is 1. The molecule has 0 saturated carbocycles. The quantitative estimate of drug-likeness (QED) is 0.588. The first-order valence-electron chi connectivity index (χ1n) is 5.64. The van der Waals surface area contributed by atoms with E-state index in [1.807, 2.05) is 0 Å². The molecule has 0 bridgehead atoms. The number of hydrogen-bond acceptors (Lipinski definition) is 4. The van der Waals surface area contributed by atoms with Gasteiger partial charge in [-0.2, -0.15) is 0 Å². The summed E-state index contributed by atoms with van der Waals surface area (Å²) >= 11 is 0. The zero-order valence-electron chi connectivity index (χ0n) is 9.37. The van der Waals surface area contributed by atoms with Crippen LogP contribution in [0.5, 0.6) is 0 Å². The number of aromatic nitrogens is 1. The van der Waals surface area contributed by atoms with Gasteiger partial charge in [0.1, 0.15) is 0 Å². The standard InChI is InChI=1S/C11H14N2O4/c14-11-10(13(15)16)5-3-6-12(11)8-9-4-1-2-7-17-9/h3,5-6,9H,1-2,4,7-8H2. The molecule has 17 heavy (non-hydrogen) atoms. The third-order valence-corrected chi connectivity index (χ3v) is 2.87. The van der Waals surface area contributed by atoms with Crippen molar-refractivity contribution in [3.63, 3.8) is 0 Å². The molecule has 1 atom stereocenters. The Labute approximate surface area is 98.0 Å². The summed E-state index contributed by atoms with van der Waals surface area (Å²) in [6.07, 6.45) is 4.57. The van der Waals surface area contributed by atoms with Crippen molar-refractivity contribution in [2.45, 2.75) is 31.9 Å². The van der Waals surface area contributed by atoms with Crippen LogP contribution >= 0.6 is 0 Å². The van der Waals surface area contributed by atoms with Crippen molar-refractivity contribution in [1.82, 2.24) is 4.57 Å². The number of hydrogen-bond donors (Lipinski definition) is 0. The van der Waals surface area contributed by atoms with Gasteiger partial charge in [0.15, 0.2) is 0 Å². The Morgan fingerprint density at radius 2 is 2.35 bits per heavy atom. The molecule has 0 N–H and O–H groups in total. The SMILES string of the molecule is O=c1c([N+](=O)[O-])cccn1CC1CCCCO1. The van der Waals surface area contributed by atoms with Crippen LogP contribution in [0.25, 0.3) is 0 Å². The maximum Gasteiger partial charge on any atom is 0.334 e. The Kier molecular flexibility index (Phi) is 3.53. The first-order chi connectivity index (χ1) is 8.18. The second-order valence-corrected chi connectivity index (χ2v) is 4.10. The molecule has 0 spiro atoms. The average Bonchev–Trinajstić information content (AvgIpc) is 2.33. The predicted octanol–water partition coefficient (Wildman–Crippen LogP) is 1.33. The van der Waals surface area contributed by atoms with Gasteiger partial charge in [-0.3, -0.25) is 14.9 Å². The van der Waals surface area contributed by atoms with Crippen LogP contribution in [0.2, 0.25) is 0 Å². The molecule has 92 valence electrons. The summed E-state index contributed by atoms with van der Waals surface area (Å²) < 4.78 is 6.86. The van der Waals surface area contributed by atoms with Crippen LogP contribution in [0.4, 0.5) is 5.69 Å². The number of rotatable bonds is 3. The van der Waals surface area contributed by atoms with Crippen molar-refractivity contribution < 1.29 is 9.66 Å². The fourth-order valence-corrected chi connectivity index (χ4v) is 1.98. The molecule has 1 aliphatic rings. The molecule has 2 rings (SSSR count). The second kappa shape index (κ2) is 5.09. The van der Waals surface area contributed by atoms with Crippen molar-refractivity contribution >= 4 is 5.69 Å². The highest BCUT2D eigenvalue weighted by atomic mass is 16.6. The lowest BCUT2D eigenvalue weighted by molar-refractivity contribution is -0.386. The van der Waals surface area contributed by atoms with Gasteiger partial charge in [-0.05, 0) is 25.3 Å². The molecule has 1 fully saturated rings. The van der Waals surface area contributed by atoms with Crippen molar-refractivity contribution in [1.29, 1.82) is 0 Å². The van der Waals surface area contributed by atoms with E-state index in [4.69, 9.17) is 4.74 Å². The van der Waals surface area contributed by atoms with Crippen molar-refractivity contribution in [2.75, 3.05) is 6.61 Å². The van der Waals surface area contributed by atoms with E-state index in [0.29, 0.717) is 13.2 Å². The largest absolute Gasteiger partial charge is 0.376 e. The minimum absolute atomic E-state index is 0.0107. The minimum Gasteiger partial charge on any atom is -0.376 e. The molecular weight excluding hydrogens is 224 g/mol. The maximum atomic E-state index is 11.7. The Morgan fingerprint density at radius 1 is 1.53 bits per heavy atom. The van der Waals surface area contributed by atoms with E-state index in [-0.39, 0.29) is 11.8 Å². The van der Waals surface area contributed by atoms with Crippen LogP contribution in [0.1, 0.15) is 19.3 Å². The van der Waals surface area contributed by atoms with Gasteiger partial charge in [0.25, 0.3) is 0 Å². The van der Waals surface area contributed by atoms with E-state index in [2.05, 4.69) is 0 Å². The van der Waals surface area contributed by atoms with Gasteiger partial charge in [-0.1, -0.05) is 0 Å². The topological polar surface area (TPSA) is 74.4 Å². The maximum absolute atomic E-state index is 11.7. The van der Waals surface area contributed by atoms with Gasteiger partial charge in [0, 0.05) is 18.9 Å². The van der Waals surface area contributed by atoms with E-state index in [1.54, 1.807) is 6.20 Å². The third-order valence-electron chi connectivity index (χ3n) is 2.87. The molecule has 1 unspecified atom stereocenters. The van der Waals surface area contributed by atoms with Crippen LogP contribution in [0.3, 0.4) is 0 Å². The molecule has 1 saturated heterocycles. The minimum atomic E-state index is -0.652. The molecule has 1 aromatic rings. The smallest absolute Gasteiger partial charge is 0.334 e. The normalized spacial score (nSPS) is 20.1. The molecule has 0 aliphatic carbocycles. The second-order valence-electron chi connectivity index (χ2n) is 4.10. The monoisotopic (exact) mass is 238 g/mol. The summed E-state index contributed by atoms with van der Waals surface area (Å²) in [5.74, 6) is 0. The lowest BCUT2D eigenvalue weighted by Gasteiger charge is -2.22. The predicted molar refractivity (Wildman–Crippen MR) is 60.9 cm³/mol. The van der Waals surface area contributed by atoms with Crippen LogP contribution in [0.15, 0.2) is 23.1 Å². The van der Waals surface area contributed by atoms with E-state index in [0.717, 1.165) is 19.3 Å². The van der Waals surface area contributed by atoms with Gasteiger partial charge in [0.05, 0.1) is 17.6 Å². The van der Waals surface area contributed by atoms with E-state index in [1.165, 1.54) is 16.7 Å². The van der Waals surface area contributed by atoms with Crippen LogP contribution in [-0.2, 0) is 11.3 Å². The summed E-state index contributed by atoms with van der Waals surface area (Å²) in [5.41, 5.74) is -0.949. The van der Waals surface area contributed by atoms with Gasteiger partial charge < -0.3 is 9.30 Å². The molecule has 1 aromatic heterocycles. The summed E-state index contributed by atoms with van der Waals surface area (Å²) in [6, 6.07) is 2.74. The third kappa shape index (κ3) is 2.71. The van der Waals surface area contributed by atoms with Gasteiger partial charge in [0.2, 0.25) is 0 Å². The average molecular weight is 238 g/mol. The van der Waals surface area contributed by atoms with Crippen molar-refractivity contribution in [3.05, 3.63) is 38.8 Å². The lowest BCUT2D eigenvalue weighted by atomic mass is 10.1. The van der Waals surface area contributed by atoms with E-state index in [9.17, 15) is 14.9 Å². The summed E-state index contributed by atoms with van der Waals surface area (Å²) in [7, 11) is 0. The Morgan fingerprint density at radius 3 is 3.00 bits per heavy atom. The number of pyridine rings is 1. The zero-order valence-corrected chi connectivity index (χ0v) is 9.37. The first-order valence-corrected chi connectivity index (χ1v) is 5.64. The van der Waals surface area contributed by atoms with Crippen molar-refractivity contribution in [3.8, 4) is 0 Å². The first kappa shape index (κ1) is 11.8. The molecule has 0 radical (unpaired) electrons. The number of ether oxygens (including phenoxy) is 1. The fourth-order valence-electron chi connectivity index (χ4n) is 1.98. The van der Waals surface area contributed by atoms with E-state index >= 15 is 0 Å². The molecule has 0 aromatic carbocycles. The summed E-state index contributed by atoms with van der Waals surface area (Å²) in [5, 5.41) is 10.6. The van der Waals surface area contributed by atoms with Gasteiger partial charge >= 0.3 is 11.2 Å². The van der Waals surface area contributed by atoms with E-state index < -0.39 is 10.5 Å². The van der Waals surface area contributed by atoms with Crippen LogP contribution in [-0.4, -0.2) is 22.2 Å². The van der Waals surface area contributed by atoms with Crippen LogP contribution in [0, 0.1) is 10.1 Å². The summed E-state index contributed by atoms with van der Waals surface area (Å²) in [4.78, 5) is 21.7. The number of nitrogens with zero attached hydrogens (tertiary/aromatic N) is 2. The van der Waals surface area contributed by atoms with Gasteiger partial charge in [-0.15, -0.1) is 0 Å². The Hall–Kier alpha value is -1.69. The molecule has 0 amide bonds. The highest BCUT2D eigenvalue weighted by molar-refractivity contribution is 5.25. The van der Waals surface area contributed by atoms with Crippen LogP contribution < -0.4 is 5.56 Å². The molecule has 6 heteroatoms. The van der Waals surface area contributed by atoms with Gasteiger partial charge in [-0.25, -0.2) is 0 Å². The molecule has 1 aliphatic heterocycles. The van der Waals surface area contributed by atoms with Crippen molar-refractivity contribution in [2.24, 2.45) is 0 Å². The Bertz CT molecular complexity index is 463. The molecule has 6 nitrogen and oxygen atoms in total. The highest BCUT2D eigenvalue weighted by Crippen LogP contribution is 2.14. The Balaban J connectivity index is 2.18.